The number of hydrogen-bond donors (Lipinski definition) is 2. The van der Waals surface area contributed by atoms with Crippen LogP contribution in [0.4, 0.5) is 10.5 Å². The molecule has 4 nitrogen and oxygen atoms in total. The second-order valence-corrected chi connectivity index (χ2v) is 9.23. The maximum Gasteiger partial charge on any atom is 0.319 e. The number of carbonyl (C=O) groups is 1. The molecule has 26 heavy (non-hydrogen) atoms. The number of rotatable bonds is 7. The van der Waals surface area contributed by atoms with E-state index in [0.29, 0.717) is 6.54 Å². The maximum atomic E-state index is 12.2. The van der Waals surface area contributed by atoms with Gasteiger partial charge < -0.3 is 15.5 Å². The molecule has 2 amide bonds. The lowest BCUT2D eigenvalue weighted by Gasteiger charge is -2.23. The van der Waals surface area contributed by atoms with Crippen LogP contribution >= 0.6 is 23.1 Å². The molecule has 1 fully saturated rings. The summed E-state index contributed by atoms with van der Waals surface area (Å²) in [6.07, 6.45) is 5.36. The molecule has 3 rings (SSSR count). The van der Waals surface area contributed by atoms with E-state index >= 15 is 0 Å². The zero-order chi connectivity index (χ0) is 18.4. The highest BCUT2D eigenvalue weighted by Crippen LogP contribution is 2.34. The molecule has 1 saturated carbocycles. The summed E-state index contributed by atoms with van der Waals surface area (Å²) >= 11 is 3.68. The second kappa shape index (κ2) is 9.44. The van der Waals surface area contributed by atoms with E-state index in [9.17, 15) is 4.79 Å². The number of nitrogens with zero attached hydrogens (tertiary/aromatic N) is 1. The van der Waals surface area contributed by atoms with Gasteiger partial charge in [0, 0.05) is 27.3 Å². The van der Waals surface area contributed by atoms with Gasteiger partial charge in [-0.05, 0) is 62.6 Å². The van der Waals surface area contributed by atoms with E-state index in [1.54, 1.807) is 11.3 Å². The van der Waals surface area contributed by atoms with Crippen LogP contribution in [0.2, 0.25) is 0 Å². The Hall–Kier alpha value is -1.50. The average molecular weight is 390 g/mol. The summed E-state index contributed by atoms with van der Waals surface area (Å²) in [5, 5.41) is 8.74. The first-order valence-electron chi connectivity index (χ1n) is 9.13. The molecule has 2 aromatic rings. The second-order valence-electron chi connectivity index (χ2n) is 6.88. The predicted molar refractivity (Wildman–Crippen MR) is 112 cm³/mol. The minimum Gasteiger partial charge on any atom is -0.336 e. The molecule has 1 atom stereocenters. The van der Waals surface area contributed by atoms with Crippen molar-refractivity contribution in [2.75, 3.05) is 26.0 Å². The van der Waals surface area contributed by atoms with E-state index in [2.05, 4.69) is 39.1 Å². The molecule has 0 spiro atoms. The van der Waals surface area contributed by atoms with Crippen molar-refractivity contribution in [2.45, 2.75) is 41.9 Å². The molecule has 1 aliphatic carbocycles. The van der Waals surface area contributed by atoms with Crippen LogP contribution in [0.1, 0.15) is 36.6 Å². The monoisotopic (exact) mass is 389 g/mol. The lowest BCUT2D eigenvalue weighted by atomic mass is 10.2. The molecule has 6 heteroatoms. The summed E-state index contributed by atoms with van der Waals surface area (Å²) in [6.45, 7) is 0.578. The van der Waals surface area contributed by atoms with Crippen LogP contribution in [0.5, 0.6) is 0 Å². The van der Waals surface area contributed by atoms with Crippen molar-refractivity contribution in [3.05, 3.63) is 46.7 Å². The quantitative estimate of drug-likeness (QED) is 0.683. The Labute approximate surface area is 164 Å². The van der Waals surface area contributed by atoms with Crippen LogP contribution in [0, 0.1) is 0 Å². The maximum absolute atomic E-state index is 12.2. The van der Waals surface area contributed by atoms with E-state index in [4.69, 9.17) is 0 Å². The SMILES string of the molecule is CN(C)C(CNC(=O)Nc1ccc(SC2CCCC2)cc1)c1cccs1. The van der Waals surface area contributed by atoms with E-state index in [-0.39, 0.29) is 12.1 Å². The van der Waals surface area contributed by atoms with Crippen LogP contribution in [0.15, 0.2) is 46.7 Å². The van der Waals surface area contributed by atoms with Gasteiger partial charge in [-0.2, -0.15) is 0 Å². The number of thiophene rings is 1. The van der Waals surface area contributed by atoms with E-state index in [1.807, 2.05) is 44.1 Å². The highest BCUT2D eigenvalue weighted by molar-refractivity contribution is 8.00. The van der Waals surface area contributed by atoms with Gasteiger partial charge >= 0.3 is 6.03 Å². The molecule has 0 bridgehead atoms. The van der Waals surface area contributed by atoms with Crippen LogP contribution in [0.3, 0.4) is 0 Å². The van der Waals surface area contributed by atoms with Gasteiger partial charge in [0.25, 0.3) is 0 Å². The van der Waals surface area contributed by atoms with Crippen LogP contribution in [-0.4, -0.2) is 36.8 Å². The standard InChI is InChI=1S/C20H27N3OS2/c1-23(2)18(19-8-5-13-25-19)14-21-20(24)22-15-9-11-17(12-10-15)26-16-6-3-4-7-16/h5,8-13,16,18H,3-4,6-7,14H2,1-2H3,(H2,21,22,24). The lowest BCUT2D eigenvalue weighted by Crippen LogP contribution is -2.36. The number of carbonyl (C=O) groups excluding carboxylic acids is 1. The first-order chi connectivity index (χ1) is 12.6. The minimum atomic E-state index is -0.162. The molecular formula is C20H27N3OS2. The molecule has 1 heterocycles. The van der Waals surface area contributed by atoms with E-state index in [0.717, 1.165) is 10.9 Å². The van der Waals surface area contributed by atoms with Crippen LogP contribution in [0.25, 0.3) is 0 Å². The topological polar surface area (TPSA) is 44.4 Å². The van der Waals surface area contributed by atoms with Gasteiger partial charge in [0.15, 0.2) is 0 Å². The summed E-state index contributed by atoms with van der Waals surface area (Å²) in [5.74, 6) is 0. The molecule has 1 aromatic heterocycles. The Morgan fingerprint density at radius 3 is 2.58 bits per heavy atom. The van der Waals surface area contributed by atoms with Gasteiger partial charge in [0.2, 0.25) is 0 Å². The van der Waals surface area contributed by atoms with Gasteiger partial charge in [-0.25, -0.2) is 4.79 Å². The molecule has 140 valence electrons. The normalized spacial score (nSPS) is 16.0. The first-order valence-corrected chi connectivity index (χ1v) is 10.9. The van der Waals surface area contributed by atoms with Gasteiger partial charge in [-0.15, -0.1) is 23.1 Å². The smallest absolute Gasteiger partial charge is 0.319 e. The Bertz CT molecular complexity index is 680. The molecular weight excluding hydrogens is 362 g/mol. The number of benzene rings is 1. The largest absolute Gasteiger partial charge is 0.336 e. The fourth-order valence-corrected chi connectivity index (χ4v) is 5.37. The zero-order valence-corrected chi connectivity index (χ0v) is 17.0. The van der Waals surface area contributed by atoms with Crippen molar-refractivity contribution in [1.82, 2.24) is 10.2 Å². The molecule has 2 N–H and O–H groups in total. The minimum absolute atomic E-state index is 0.162. The van der Waals surface area contributed by atoms with Gasteiger partial charge in [-0.3, -0.25) is 0 Å². The number of amides is 2. The fraction of sp³-hybridized carbons (Fsp3) is 0.450. The zero-order valence-electron chi connectivity index (χ0n) is 15.4. The van der Waals surface area contributed by atoms with Crippen LogP contribution < -0.4 is 10.6 Å². The van der Waals surface area contributed by atoms with Crippen molar-refractivity contribution >= 4 is 34.8 Å². The molecule has 0 saturated heterocycles. The summed E-state index contributed by atoms with van der Waals surface area (Å²) < 4.78 is 0. The molecule has 1 aromatic carbocycles. The third kappa shape index (κ3) is 5.50. The third-order valence-electron chi connectivity index (χ3n) is 4.67. The molecule has 0 radical (unpaired) electrons. The van der Waals surface area contributed by atoms with E-state index < -0.39 is 0 Å². The fourth-order valence-electron chi connectivity index (χ4n) is 3.20. The number of thioether (sulfide) groups is 1. The predicted octanol–water partition coefficient (Wildman–Crippen LogP) is 5.21. The summed E-state index contributed by atoms with van der Waals surface area (Å²) in [7, 11) is 4.06. The van der Waals surface area contributed by atoms with Crippen molar-refractivity contribution in [2.24, 2.45) is 0 Å². The van der Waals surface area contributed by atoms with Gasteiger partial charge in [0.1, 0.15) is 0 Å². The molecule has 1 unspecified atom stereocenters. The van der Waals surface area contributed by atoms with Crippen molar-refractivity contribution < 1.29 is 4.79 Å². The highest BCUT2D eigenvalue weighted by atomic mass is 32.2. The Balaban J connectivity index is 1.48. The molecule has 0 aliphatic heterocycles. The summed E-state index contributed by atoms with van der Waals surface area (Å²) in [5.41, 5.74) is 0.829. The summed E-state index contributed by atoms with van der Waals surface area (Å²) in [4.78, 5) is 16.9. The average Bonchev–Trinajstić information content (AvgIpc) is 3.30. The number of anilines is 1. The van der Waals surface area contributed by atoms with Gasteiger partial charge in [-0.1, -0.05) is 18.9 Å². The van der Waals surface area contributed by atoms with E-state index in [1.165, 1.54) is 35.5 Å². The highest BCUT2D eigenvalue weighted by Gasteiger charge is 2.17. The van der Waals surface area contributed by atoms with Crippen LogP contribution in [-0.2, 0) is 0 Å². The Morgan fingerprint density at radius 2 is 1.96 bits per heavy atom. The first kappa shape index (κ1) is 19.3. The Kier molecular flexibility index (Phi) is 7.00. The number of nitrogens with one attached hydrogen (secondary N) is 2. The lowest BCUT2D eigenvalue weighted by molar-refractivity contribution is 0.244. The number of likely N-dealkylation sites (N-methyl/N-ethyl adjacent to an activating group) is 1. The summed E-state index contributed by atoms with van der Waals surface area (Å²) in [6, 6.07) is 12.4. The van der Waals surface area contributed by atoms with Crippen molar-refractivity contribution in [1.29, 1.82) is 0 Å². The Morgan fingerprint density at radius 1 is 1.23 bits per heavy atom. The number of urea groups is 1. The van der Waals surface area contributed by atoms with Crippen molar-refractivity contribution in [3.8, 4) is 0 Å². The van der Waals surface area contributed by atoms with Gasteiger partial charge in [0.05, 0.1) is 6.04 Å². The number of hydrogen-bond acceptors (Lipinski definition) is 4. The van der Waals surface area contributed by atoms with Crippen molar-refractivity contribution in [3.63, 3.8) is 0 Å². The third-order valence-corrected chi connectivity index (χ3v) is 6.99. The molecule has 1 aliphatic rings.